The molecule has 0 saturated heterocycles. The lowest BCUT2D eigenvalue weighted by molar-refractivity contribution is 0.0733. The highest BCUT2D eigenvalue weighted by molar-refractivity contribution is 6.39. The molecule has 0 aliphatic rings. The molecule has 0 saturated carbocycles. The van der Waals surface area contributed by atoms with E-state index in [1.54, 1.807) is 42.5 Å². The van der Waals surface area contributed by atoms with Crippen LogP contribution < -0.4 is 4.74 Å². The van der Waals surface area contributed by atoms with E-state index in [2.05, 4.69) is 0 Å². The number of hydrogen-bond acceptors (Lipinski definition) is 3. The van der Waals surface area contributed by atoms with E-state index in [0.29, 0.717) is 5.56 Å². The van der Waals surface area contributed by atoms with Crippen LogP contribution >= 0.6 is 23.2 Å². The molecule has 0 unspecified atom stereocenters. The molecule has 102 valence electrons. The first-order valence-corrected chi connectivity index (χ1v) is 6.52. The summed E-state index contributed by atoms with van der Waals surface area (Å²) in [5.41, 5.74) is 0.401. The molecule has 0 spiro atoms. The average molecular weight is 309 g/mol. The van der Waals surface area contributed by atoms with Crippen LogP contribution in [0, 0.1) is 0 Å². The van der Waals surface area contributed by atoms with Crippen molar-refractivity contribution in [3.63, 3.8) is 0 Å². The van der Waals surface area contributed by atoms with E-state index < -0.39 is 5.97 Å². The Balaban J connectivity index is 2.36. The Hall–Kier alpha value is -1.84. The molecular formula is C15H10Cl2O3. The minimum atomic E-state index is -0.700. The maximum Gasteiger partial charge on any atom is 0.346 e. The number of carbonyl (C=O) groups excluding carboxylic acids is 2. The number of carbonyl (C=O) groups is 2. The summed E-state index contributed by atoms with van der Waals surface area (Å²) in [5.74, 6) is -0.714. The van der Waals surface area contributed by atoms with E-state index >= 15 is 0 Å². The average Bonchev–Trinajstić information content (AvgIpc) is 2.38. The Bertz CT molecular complexity index is 660. The van der Waals surface area contributed by atoms with Crippen LogP contribution in [0.15, 0.2) is 42.5 Å². The van der Waals surface area contributed by atoms with Crippen molar-refractivity contribution in [1.29, 1.82) is 0 Å². The fraction of sp³-hybridized carbons (Fsp3) is 0.0667. The SMILES string of the molecule is CC(=O)c1ccccc1OC(=O)c1c(Cl)cccc1Cl. The number of para-hydroxylation sites is 1. The van der Waals surface area contributed by atoms with Crippen molar-refractivity contribution in [3.05, 3.63) is 63.6 Å². The first-order chi connectivity index (χ1) is 9.50. The topological polar surface area (TPSA) is 43.4 Å². The van der Waals surface area contributed by atoms with E-state index in [1.807, 2.05) is 0 Å². The summed E-state index contributed by atoms with van der Waals surface area (Å²) in [4.78, 5) is 23.6. The van der Waals surface area contributed by atoms with Crippen molar-refractivity contribution in [2.75, 3.05) is 0 Å². The molecule has 0 fully saturated rings. The number of esters is 1. The van der Waals surface area contributed by atoms with Crippen LogP contribution in [0.1, 0.15) is 27.6 Å². The van der Waals surface area contributed by atoms with E-state index in [-0.39, 0.29) is 27.1 Å². The molecule has 2 rings (SSSR count). The smallest absolute Gasteiger partial charge is 0.346 e. The third kappa shape index (κ3) is 3.00. The third-order valence-electron chi connectivity index (χ3n) is 2.64. The number of ketones is 1. The standard InChI is InChI=1S/C15H10Cl2O3/c1-9(18)10-5-2-3-8-13(10)20-15(19)14-11(16)6-4-7-12(14)17/h2-8H,1H3. The molecule has 5 heteroatoms. The summed E-state index contributed by atoms with van der Waals surface area (Å²) in [5, 5.41) is 0.394. The van der Waals surface area contributed by atoms with Gasteiger partial charge >= 0.3 is 5.97 Å². The predicted octanol–water partition coefficient (Wildman–Crippen LogP) is 4.42. The number of Topliss-reactive ketones (excluding diaryl/α,β-unsaturated/α-hetero) is 1. The molecule has 2 aromatic rings. The van der Waals surface area contributed by atoms with Crippen molar-refractivity contribution >= 4 is 35.0 Å². The lowest BCUT2D eigenvalue weighted by atomic mass is 10.1. The van der Waals surface area contributed by atoms with Gasteiger partial charge in [-0.3, -0.25) is 4.79 Å². The largest absolute Gasteiger partial charge is 0.422 e. The van der Waals surface area contributed by atoms with E-state index in [4.69, 9.17) is 27.9 Å². The first kappa shape index (κ1) is 14.6. The Labute approximate surface area is 126 Å². The van der Waals surface area contributed by atoms with Crippen molar-refractivity contribution in [2.45, 2.75) is 6.92 Å². The lowest BCUT2D eigenvalue weighted by Crippen LogP contribution is -2.12. The molecule has 0 radical (unpaired) electrons. The second-order valence-corrected chi connectivity index (χ2v) is 4.85. The molecular weight excluding hydrogens is 299 g/mol. The van der Waals surface area contributed by atoms with Crippen LogP contribution in [0.3, 0.4) is 0 Å². The van der Waals surface area contributed by atoms with Gasteiger partial charge in [-0.05, 0) is 31.2 Å². The summed E-state index contributed by atoms with van der Waals surface area (Å²) in [7, 11) is 0. The zero-order valence-electron chi connectivity index (χ0n) is 10.5. The predicted molar refractivity (Wildman–Crippen MR) is 77.9 cm³/mol. The van der Waals surface area contributed by atoms with Crippen molar-refractivity contribution in [2.24, 2.45) is 0 Å². The van der Waals surface area contributed by atoms with Gasteiger partial charge in [0.2, 0.25) is 0 Å². The molecule has 0 amide bonds. The van der Waals surface area contributed by atoms with Gasteiger partial charge in [0.1, 0.15) is 5.75 Å². The second-order valence-electron chi connectivity index (χ2n) is 4.04. The Morgan fingerprint density at radius 2 is 1.55 bits per heavy atom. The number of ether oxygens (including phenoxy) is 1. The normalized spacial score (nSPS) is 10.2. The monoisotopic (exact) mass is 308 g/mol. The second kappa shape index (κ2) is 6.07. The zero-order valence-corrected chi connectivity index (χ0v) is 12.0. The van der Waals surface area contributed by atoms with E-state index in [0.717, 1.165) is 0 Å². The molecule has 0 bridgehead atoms. The molecule has 0 aliphatic heterocycles. The van der Waals surface area contributed by atoms with Gasteiger partial charge in [0, 0.05) is 0 Å². The lowest BCUT2D eigenvalue weighted by Gasteiger charge is -2.09. The van der Waals surface area contributed by atoms with Gasteiger partial charge in [0.25, 0.3) is 0 Å². The summed E-state index contributed by atoms with van der Waals surface area (Å²) < 4.78 is 5.23. The molecule has 20 heavy (non-hydrogen) atoms. The van der Waals surface area contributed by atoms with Crippen LogP contribution in [-0.2, 0) is 0 Å². The molecule has 0 N–H and O–H groups in total. The van der Waals surface area contributed by atoms with E-state index in [1.165, 1.54) is 6.92 Å². The van der Waals surface area contributed by atoms with Gasteiger partial charge in [0.15, 0.2) is 5.78 Å². The quantitative estimate of drug-likeness (QED) is 0.479. The summed E-state index contributed by atoms with van der Waals surface area (Å²) in [6.07, 6.45) is 0. The van der Waals surface area contributed by atoms with Crippen molar-refractivity contribution in [3.8, 4) is 5.75 Å². The van der Waals surface area contributed by atoms with Gasteiger partial charge < -0.3 is 4.74 Å². The minimum Gasteiger partial charge on any atom is -0.422 e. The number of hydrogen-bond donors (Lipinski definition) is 0. The highest BCUT2D eigenvalue weighted by atomic mass is 35.5. The zero-order chi connectivity index (χ0) is 14.7. The number of halogens is 2. The van der Waals surface area contributed by atoms with Crippen molar-refractivity contribution in [1.82, 2.24) is 0 Å². The molecule has 2 aromatic carbocycles. The van der Waals surface area contributed by atoms with Crippen LogP contribution in [0.5, 0.6) is 5.75 Å². The molecule has 3 nitrogen and oxygen atoms in total. The Morgan fingerprint density at radius 1 is 0.950 bits per heavy atom. The molecule has 0 atom stereocenters. The maximum atomic E-state index is 12.1. The first-order valence-electron chi connectivity index (χ1n) is 5.77. The molecule has 0 aromatic heterocycles. The third-order valence-corrected chi connectivity index (χ3v) is 3.27. The minimum absolute atomic E-state index is 0.0780. The van der Waals surface area contributed by atoms with Crippen LogP contribution in [0.4, 0.5) is 0 Å². The van der Waals surface area contributed by atoms with E-state index in [9.17, 15) is 9.59 Å². The highest BCUT2D eigenvalue weighted by Crippen LogP contribution is 2.27. The highest BCUT2D eigenvalue weighted by Gasteiger charge is 2.18. The number of rotatable bonds is 3. The fourth-order valence-electron chi connectivity index (χ4n) is 1.69. The Kier molecular flexibility index (Phi) is 4.42. The van der Waals surface area contributed by atoms with Gasteiger partial charge in [-0.15, -0.1) is 0 Å². The van der Waals surface area contributed by atoms with Crippen LogP contribution in [-0.4, -0.2) is 11.8 Å². The van der Waals surface area contributed by atoms with Crippen LogP contribution in [0.2, 0.25) is 10.0 Å². The number of benzene rings is 2. The van der Waals surface area contributed by atoms with Gasteiger partial charge in [0.05, 0.1) is 21.2 Å². The van der Waals surface area contributed by atoms with Crippen molar-refractivity contribution < 1.29 is 14.3 Å². The fourth-order valence-corrected chi connectivity index (χ4v) is 2.24. The van der Waals surface area contributed by atoms with Gasteiger partial charge in [-0.25, -0.2) is 4.79 Å². The molecule has 0 heterocycles. The summed E-state index contributed by atoms with van der Waals surface area (Å²) in [6, 6.07) is 11.2. The maximum absolute atomic E-state index is 12.1. The van der Waals surface area contributed by atoms with Crippen LogP contribution in [0.25, 0.3) is 0 Å². The summed E-state index contributed by atoms with van der Waals surface area (Å²) >= 11 is 11.9. The van der Waals surface area contributed by atoms with Gasteiger partial charge in [-0.1, -0.05) is 41.4 Å². The summed E-state index contributed by atoms with van der Waals surface area (Å²) in [6.45, 7) is 1.40. The van der Waals surface area contributed by atoms with Gasteiger partial charge in [-0.2, -0.15) is 0 Å². The Morgan fingerprint density at radius 3 is 2.15 bits per heavy atom. The molecule has 0 aliphatic carbocycles.